The van der Waals surface area contributed by atoms with Crippen LogP contribution in [0.25, 0.3) is 22.4 Å². The van der Waals surface area contributed by atoms with E-state index in [0.717, 1.165) is 5.56 Å². The first-order chi connectivity index (χ1) is 14.8. The molecule has 1 aliphatic rings. The molecular weight excluding hydrogens is 422 g/mol. The second-order valence-corrected chi connectivity index (χ2v) is 9.21. The molecule has 0 saturated carbocycles. The third-order valence-electron chi connectivity index (χ3n) is 5.38. The Balaban J connectivity index is 1.41. The van der Waals surface area contributed by atoms with Crippen LogP contribution in [-0.2, 0) is 17.1 Å². The fraction of sp³-hybridized carbons (Fsp3) is 0.200. The first-order valence-electron chi connectivity index (χ1n) is 9.44. The average Bonchev–Trinajstić information content (AvgIpc) is 3.02. The Bertz CT molecular complexity index is 1520. The van der Waals surface area contributed by atoms with E-state index in [1.807, 2.05) is 0 Å². The molecular formula is C20H17N5O5S. The van der Waals surface area contributed by atoms with E-state index in [4.69, 9.17) is 4.42 Å². The van der Waals surface area contributed by atoms with Gasteiger partial charge in [-0.3, -0.25) is 14.3 Å². The van der Waals surface area contributed by atoms with Gasteiger partial charge in [0.15, 0.2) is 5.58 Å². The number of benzene rings is 1. The van der Waals surface area contributed by atoms with E-state index < -0.39 is 15.8 Å². The molecule has 4 aromatic rings. The molecule has 0 aliphatic carbocycles. The zero-order chi connectivity index (χ0) is 21.8. The van der Waals surface area contributed by atoms with Crippen molar-refractivity contribution < 1.29 is 12.8 Å². The maximum Gasteiger partial charge on any atom is 0.419 e. The molecule has 0 radical (unpaired) electrons. The second-order valence-electron chi connectivity index (χ2n) is 7.27. The van der Waals surface area contributed by atoms with Crippen molar-refractivity contribution >= 4 is 21.1 Å². The molecule has 0 spiro atoms. The van der Waals surface area contributed by atoms with Gasteiger partial charge in [-0.25, -0.2) is 17.9 Å². The summed E-state index contributed by atoms with van der Waals surface area (Å²) in [6, 6.07) is 10.5. The predicted octanol–water partition coefficient (Wildman–Crippen LogP) is 0.996. The van der Waals surface area contributed by atoms with Crippen LogP contribution in [0, 0.1) is 0 Å². The summed E-state index contributed by atoms with van der Waals surface area (Å²) in [5.41, 5.74) is 1.83. The van der Waals surface area contributed by atoms with Gasteiger partial charge in [0.05, 0.1) is 22.1 Å². The molecule has 4 heterocycles. The van der Waals surface area contributed by atoms with Gasteiger partial charge in [-0.1, -0.05) is 0 Å². The molecule has 5 rings (SSSR count). The van der Waals surface area contributed by atoms with Crippen LogP contribution in [0.4, 0.5) is 0 Å². The molecule has 31 heavy (non-hydrogen) atoms. The summed E-state index contributed by atoms with van der Waals surface area (Å²) in [6.45, 7) is 0.245. The first-order valence-corrected chi connectivity index (χ1v) is 10.9. The maximum absolute atomic E-state index is 13.0. The molecule has 0 unspecified atom stereocenters. The number of fused-ring (bicyclic) bond motifs is 1. The Hall–Kier alpha value is -3.57. The third-order valence-corrected chi connectivity index (χ3v) is 7.20. The summed E-state index contributed by atoms with van der Waals surface area (Å²) < 4.78 is 34.9. The lowest BCUT2D eigenvalue weighted by atomic mass is 10.1. The highest BCUT2D eigenvalue weighted by Crippen LogP contribution is 2.29. The number of aromatic nitrogens is 4. The summed E-state index contributed by atoms with van der Waals surface area (Å²) in [4.78, 5) is 28.0. The minimum atomic E-state index is -3.79. The van der Waals surface area contributed by atoms with Crippen molar-refractivity contribution in [3.8, 4) is 11.3 Å². The van der Waals surface area contributed by atoms with Gasteiger partial charge >= 0.3 is 5.76 Å². The third kappa shape index (κ3) is 3.18. The van der Waals surface area contributed by atoms with Gasteiger partial charge in [-0.15, -0.1) is 0 Å². The van der Waals surface area contributed by atoms with E-state index in [9.17, 15) is 18.0 Å². The van der Waals surface area contributed by atoms with Crippen LogP contribution in [0.5, 0.6) is 0 Å². The molecule has 0 atom stereocenters. The Kier molecular flexibility index (Phi) is 4.38. The number of nitrogens with zero attached hydrogens (tertiary/aromatic N) is 5. The molecule has 3 aromatic heterocycles. The van der Waals surface area contributed by atoms with Crippen molar-refractivity contribution in [1.82, 2.24) is 23.6 Å². The highest BCUT2D eigenvalue weighted by molar-refractivity contribution is 7.89. The molecule has 0 bridgehead atoms. The molecule has 1 aromatic carbocycles. The van der Waals surface area contributed by atoms with E-state index in [1.165, 1.54) is 44.9 Å². The predicted molar refractivity (Wildman–Crippen MR) is 111 cm³/mol. The Labute approximate surface area is 176 Å². The van der Waals surface area contributed by atoms with Crippen LogP contribution in [0.15, 0.2) is 73.8 Å². The lowest BCUT2D eigenvalue weighted by Gasteiger charge is -2.38. The normalized spacial score (nSPS) is 15.3. The zero-order valence-electron chi connectivity index (χ0n) is 16.4. The summed E-state index contributed by atoms with van der Waals surface area (Å²) >= 11 is 0. The lowest BCUT2D eigenvalue weighted by molar-refractivity contribution is 0.186. The fourth-order valence-corrected chi connectivity index (χ4v) is 5.08. The number of aryl methyl sites for hydroxylation is 1. The molecule has 1 aliphatic heterocycles. The highest BCUT2D eigenvalue weighted by atomic mass is 32.2. The van der Waals surface area contributed by atoms with E-state index in [1.54, 1.807) is 30.6 Å². The second kappa shape index (κ2) is 7.00. The van der Waals surface area contributed by atoms with Gasteiger partial charge in [0, 0.05) is 44.2 Å². The van der Waals surface area contributed by atoms with E-state index in [2.05, 4.69) is 10.1 Å². The monoisotopic (exact) mass is 439 g/mol. The molecule has 1 saturated heterocycles. The first kappa shape index (κ1) is 19.4. The fourth-order valence-electron chi connectivity index (χ4n) is 3.55. The zero-order valence-corrected chi connectivity index (χ0v) is 17.2. The molecule has 10 nitrogen and oxygen atoms in total. The lowest BCUT2D eigenvalue weighted by Crippen LogP contribution is -2.53. The van der Waals surface area contributed by atoms with Crippen molar-refractivity contribution in [3.05, 3.63) is 75.8 Å². The van der Waals surface area contributed by atoms with E-state index >= 15 is 0 Å². The van der Waals surface area contributed by atoms with Crippen LogP contribution < -0.4 is 11.3 Å². The van der Waals surface area contributed by atoms with E-state index in [0.29, 0.717) is 16.8 Å². The molecule has 158 valence electrons. The van der Waals surface area contributed by atoms with Crippen molar-refractivity contribution in [1.29, 1.82) is 0 Å². The number of pyridine rings is 1. The van der Waals surface area contributed by atoms with Crippen LogP contribution in [0.2, 0.25) is 0 Å². The summed E-state index contributed by atoms with van der Waals surface area (Å²) in [5, 5.41) is 4.41. The van der Waals surface area contributed by atoms with Gasteiger partial charge in [0.2, 0.25) is 10.0 Å². The Morgan fingerprint density at radius 3 is 2.52 bits per heavy atom. The summed E-state index contributed by atoms with van der Waals surface area (Å²) in [7, 11) is -2.28. The van der Waals surface area contributed by atoms with Crippen LogP contribution in [0.3, 0.4) is 0 Å². The van der Waals surface area contributed by atoms with Gasteiger partial charge < -0.3 is 4.42 Å². The largest absolute Gasteiger partial charge is 0.419 e. The molecule has 0 N–H and O–H groups in total. The number of rotatable bonds is 4. The summed E-state index contributed by atoms with van der Waals surface area (Å²) in [6.07, 6.45) is 3.27. The van der Waals surface area contributed by atoms with Crippen molar-refractivity contribution in [2.45, 2.75) is 10.9 Å². The maximum atomic E-state index is 13.0. The summed E-state index contributed by atoms with van der Waals surface area (Å²) in [5.74, 6) is -0.562. The molecule has 0 amide bonds. The van der Waals surface area contributed by atoms with Gasteiger partial charge in [-0.2, -0.15) is 9.40 Å². The topological polar surface area (TPSA) is 120 Å². The number of hydrogen-bond donors (Lipinski definition) is 0. The molecule has 11 heteroatoms. The quantitative estimate of drug-likeness (QED) is 0.465. The average molecular weight is 439 g/mol. The minimum Gasteiger partial charge on any atom is -0.408 e. The SMILES string of the molecule is Cn1c(=O)oc2ccc(S(=O)(=O)N3CC(n4nc(-c5ccncc5)ccc4=O)C3)cc21. The number of hydrogen-bond acceptors (Lipinski definition) is 7. The van der Waals surface area contributed by atoms with Gasteiger partial charge in [0.25, 0.3) is 5.56 Å². The van der Waals surface area contributed by atoms with Gasteiger partial charge in [-0.05, 0) is 36.4 Å². The molecule has 1 fully saturated rings. The smallest absolute Gasteiger partial charge is 0.408 e. The highest BCUT2D eigenvalue weighted by Gasteiger charge is 2.39. The van der Waals surface area contributed by atoms with Crippen LogP contribution in [-0.4, -0.2) is 45.1 Å². The van der Waals surface area contributed by atoms with E-state index in [-0.39, 0.29) is 29.6 Å². The van der Waals surface area contributed by atoms with Crippen molar-refractivity contribution in [3.63, 3.8) is 0 Å². The minimum absolute atomic E-state index is 0.0562. The van der Waals surface area contributed by atoms with Crippen LogP contribution >= 0.6 is 0 Å². The Morgan fingerprint density at radius 2 is 1.77 bits per heavy atom. The van der Waals surface area contributed by atoms with Crippen molar-refractivity contribution in [2.75, 3.05) is 13.1 Å². The number of sulfonamides is 1. The Morgan fingerprint density at radius 1 is 1.03 bits per heavy atom. The standard InChI is InChI=1S/C20H17N5O5S/c1-23-17-10-15(2-4-18(17)30-20(23)27)31(28,29)24-11-14(12-24)25-19(26)5-3-16(22-25)13-6-8-21-9-7-13/h2-10,14H,11-12H2,1H3. The van der Waals surface area contributed by atoms with Crippen LogP contribution in [0.1, 0.15) is 6.04 Å². The number of oxazole rings is 1. The van der Waals surface area contributed by atoms with Crippen molar-refractivity contribution in [2.24, 2.45) is 7.05 Å². The van der Waals surface area contributed by atoms with Gasteiger partial charge in [0.1, 0.15) is 0 Å².